The lowest BCUT2D eigenvalue weighted by Crippen LogP contribution is -2.37. The molecule has 0 heterocycles. The molecule has 70 valence electrons. The van der Waals surface area contributed by atoms with E-state index >= 15 is 0 Å². The van der Waals surface area contributed by atoms with E-state index < -0.39 is 0 Å². The molecule has 0 aliphatic rings. The summed E-state index contributed by atoms with van der Waals surface area (Å²) in [4.78, 5) is 0. The second-order valence-electron chi connectivity index (χ2n) is 2.63. The van der Waals surface area contributed by atoms with Crippen LogP contribution in [0.15, 0.2) is 43.0 Å². The van der Waals surface area contributed by atoms with Gasteiger partial charge in [0.05, 0.1) is 6.04 Å². The van der Waals surface area contributed by atoms with Gasteiger partial charge in [-0.2, -0.15) is 0 Å². The van der Waals surface area contributed by atoms with Crippen LogP contribution in [-0.4, -0.2) is 12.6 Å². The molecule has 0 saturated carbocycles. The Hall–Kier alpha value is -1.32. The first-order valence-corrected chi connectivity index (χ1v) is 4.13. The lowest BCUT2D eigenvalue weighted by Gasteiger charge is -2.12. The number of para-hydroxylation sites is 1. The van der Waals surface area contributed by atoms with E-state index in [1.807, 2.05) is 30.3 Å². The summed E-state index contributed by atoms with van der Waals surface area (Å²) in [6.45, 7) is 4.11. The summed E-state index contributed by atoms with van der Waals surface area (Å²) >= 11 is 0. The van der Waals surface area contributed by atoms with Crippen LogP contribution in [0.4, 0.5) is 0 Å². The lowest BCUT2D eigenvalue weighted by molar-refractivity contribution is 0.287. The van der Waals surface area contributed by atoms with Crippen LogP contribution < -0.4 is 16.0 Å². The van der Waals surface area contributed by atoms with E-state index in [0.29, 0.717) is 6.61 Å². The van der Waals surface area contributed by atoms with Crippen LogP contribution in [-0.2, 0) is 0 Å². The monoisotopic (exact) mass is 178 g/mol. The number of ether oxygens (including phenoxy) is 1. The van der Waals surface area contributed by atoms with Gasteiger partial charge < -0.3 is 4.74 Å². The van der Waals surface area contributed by atoms with E-state index in [-0.39, 0.29) is 6.04 Å². The van der Waals surface area contributed by atoms with Gasteiger partial charge in [0.2, 0.25) is 0 Å². The van der Waals surface area contributed by atoms with Gasteiger partial charge in [-0.05, 0) is 12.1 Å². The van der Waals surface area contributed by atoms with Crippen LogP contribution in [0, 0.1) is 0 Å². The predicted molar refractivity (Wildman–Crippen MR) is 53.2 cm³/mol. The molecule has 0 aromatic heterocycles. The number of hydrazine groups is 1. The van der Waals surface area contributed by atoms with E-state index in [9.17, 15) is 0 Å². The van der Waals surface area contributed by atoms with Crippen molar-refractivity contribution >= 4 is 0 Å². The molecule has 1 atom stereocenters. The fourth-order valence-corrected chi connectivity index (χ4v) is 0.887. The average molecular weight is 178 g/mol. The Bertz CT molecular complexity index is 248. The second kappa shape index (κ2) is 5.35. The van der Waals surface area contributed by atoms with E-state index in [2.05, 4.69) is 12.0 Å². The molecule has 13 heavy (non-hydrogen) atoms. The van der Waals surface area contributed by atoms with Gasteiger partial charge in [0, 0.05) is 0 Å². The number of hydrogen-bond donors (Lipinski definition) is 2. The smallest absolute Gasteiger partial charge is 0.119 e. The molecule has 0 radical (unpaired) electrons. The van der Waals surface area contributed by atoms with Crippen molar-refractivity contribution in [2.75, 3.05) is 6.61 Å². The molecule has 3 N–H and O–H groups in total. The molecule has 0 amide bonds. The van der Waals surface area contributed by atoms with Crippen LogP contribution in [0.1, 0.15) is 0 Å². The first kappa shape index (κ1) is 9.77. The van der Waals surface area contributed by atoms with Crippen molar-refractivity contribution in [1.29, 1.82) is 0 Å². The molecule has 0 aliphatic heterocycles. The van der Waals surface area contributed by atoms with Crippen molar-refractivity contribution < 1.29 is 4.74 Å². The number of benzene rings is 1. The zero-order valence-corrected chi connectivity index (χ0v) is 7.44. The molecule has 0 spiro atoms. The molecule has 0 bridgehead atoms. The minimum Gasteiger partial charge on any atom is -0.492 e. The van der Waals surface area contributed by atoms with Crippen molar-refractivity contribution in [3.63, 3.8) is 0 Å². The summed E-state index contributed by atoms with van der Waals surface area (Å²) in [6, 6.07) is 9.58. The molecular weight excluding hydrogens is 164 g/mol. The van der Waals surface area contributed by atoms with Gasteiger partial charge in [0.1, 0.15) is 12.4 Å². The van der Waals surface area contributed by atoms with Crippen molar-refractivity contribution in [2.45, 2.75) is 6.04 Å². The summed E-state index contributed by atoms with van der Waals surface area (Å²) in [6.07, 6.45) is 1.71. The first-order valence-electron chi connectivity index (χ1n) is 4.13. The number of hydrogen-bond acceptors (Lipinski definition) is 3. The SMILES string of the molecule is C=CC(COc1ccccc1)NN. The Balaban J connectivity index is 2.38. The predicted octanol–water partition coefficient (Wildman–Crippen LogP) is 1.08. The van der Waals surface area contributed by atoms with Crippen molar-refractivity contribution in [3.8, 4) is 5.75 Å². The van der Waals surface area contributed by atoms with E-state index in [1.54, 1.807) is 6.08 Å². The van der Waals surface area contributed by atoms with Crippen molar-refractivity contribution in [3.05, 3.63) is 43.0 Å². The molecule has 0 saturated heterocycles. The molecule has 1 unspecified atom stereocenters. The molecule has 3 nitrogen and oxygen atoms in total. The Morgan fingerprint density at radius 1 is 1.46 bits per heavy atom. The highest BCUT2D eigenvalue weighted by Crippen LogP contribution is 2.08. The maximum absolute atomic E-state index is 5.44. The largest absolute Gasteiger partial charge is 0.492 e. The summed E-state index contributed by atoms with van der Waals surface area (Å²) in [5.74, 6) is 6.08. The minimum atomic E-state index is -0.0137. The van der Waals surface area contributed by atoms with E-state index in [4.69, 9.17) is 10.6 Å². The topological polar surface area (TPSA) is 47.3 Å². The highest BCUT2D eigenvalue weighted by molar-refractivity contribution is 5.21. The fraction of sp³-hybridized carbons (Fsp3) is 0.200. The molecule has 3 heteroatoms. The Kier molecular flexibility index (Phi) is 4.02. The van der Waals surface area contributed by atoms with Gasteiger partial charge >= 0.3 is 0 Å². The third kappa shape index (κ3) is 3.27. The summed E-state index contributed by atoms with van der Waals surface area (Å²) < 4.78 is 5.44. The molecule has 1 aromatic rings. The number of rotatable bonds is 5. The Morgan fingerprint density at radius 3 is 2.69 bits per heavy atom. The van der Waals surface area contributed by atoms with Gasteiger partial charge in [0.15, 0.2) is 0 Å². The molecule has 1 rings (SSSR count). The van der Waals surface area contributed by atoms with Gasteiger partial charge in [0.25, 0.3) is 0 Å². The van der Waals surface area contributed by atoms with Gasteiger partial charge in [-0.3, -0.25) is 11.3 Å². The fourth-order valence-electron chi connectivity index (χ4n) is 0.887. The van der Waals surface area contributed by atoms with Gasteiger partial charge in [-0.15, -0.1) is 6.58 Å². The van der Waals surface area contributed by atoms with E-state index in [1.165, 1.54) is 0 Å². The number of nitrogens with two attached hydrogens (primary N) is 1. The average Bonchev–Trinajstić information content (AvgIpc) is 2.21. The Morgan fingerprint density at radius 2 is 2.15 bits per heavy atom. The van der Waals surface area contributed by atoms with E-state index in [0.717, 1.165) is 5.75 Å². The third-order valence-corrected chi connectivity index (χ3v) is 1.67. The summed E-state index contributed by atoms with van der Waals surface area (Å²) in [5, 5.41) is 0. The summed E-state index contributed by atoms with van der Waals surface area (Å²) in [5.41, 5.74) is 2.58. The minimum absolute atomic E-state index is 0.0137. The van der Waals surface area contributed by atoms with Crippen LogP contribution in [0.5, 0.6) is 5.75 Å². The molecule has 1 aromatic carbocycles. The molecule has 0 fully saturated rings. The second-order valence-corrected chi connectivity index (χ2v) is 2.63. The van der Waals surface area contributed by atoms with Crippen LogP contribution in [0.3, 0.4) is 0 Å². The zero-order valence-electron chi connectivity index (χ0n) is 7.44. The third-order valence-electron chi connectivity index (χ3n) is 1.67. The highest BCUT2D eigenvalue weighted by atomic mass is 16.5. The van der Waals surface area contributed by atoms with Crippen molar-refractivity contribution in [1.82, 2.24) is 5.43 Å². The van der Waals surface area contributed by atoms with Crippen LogP contribution in [0.2, 0.25) is 0 Å². The van der Waals surface area contributed by atoms with Gasteiger partial charge in [-0.1, -0.05) is 24.3 Å². The molecular formula is C10H14N2O. The number of nitrogens with one attached hydrogen (secondary N) is 1. The van der Waals surface area contributed by atoms with Gasteiger partial charge in [-0.25, -0.2) is 0 Å². The maximum Gasteiger partial charge on any atom is 0.119 e. The Labute approximate surface area is 78.2 Å². The zero-order chi connectivity index (χ0) is 9.52. The highest BCUT2D eigenvalue weighted by Gasteiger charge is 2.00. The summed E-state index contributed by atoms with van der Waals surface area (Å²) in [7, 11) is 0. The van der Waals surface area contributed by atoms with Crippen molar-refractivity contribution in [2.24, 2.45) is 5.84 Å². The normalized spacial score (nSPS) is 12.1. The quantitative estimate of drug-likeness (QED) is 0.403. The standard InChI is InChI=1S/C10H14N2O/c1-2-9(12-11)8-13-10-6-4-3-5-7-10/h2-7,9,12H,1,8,11H2. The first-order chi connectivity index (χ1) is 6.36. The maximum atomic E-state index is 5.44. The van der Waals surface area contributed by atoms with Crippen LogP contribution >= 0.6 is 0 Å². The lowest BCUT2D eigenvalue weighted by atomic mass is 10.3. The molecule has 0 aliphatic carbocycles. The van der Waals surface area contributed by atoms with Crippen LogP contribution in [0.25, 0.3) is 0 Å².